The van der Waals surface area contributed by atoms with Gasteiger partial charge in [-0.25, -0.2) is 0 Å². The summed E-state index contributed by atoms with van der Waals surface area (Å²) in [6.07, 6.45) is 1.49. The van der Waals surface area contributed by atoms with Gasteiger partial charge in [0.05, 0.1) is 11.6 Å². The molecule has 0 heterocycles. The first-order valence-electron chi connectivity index (χ1n) is 5.89. The van der Waals surface area contributed by atoms with Crippen LogP contribution in [0, 0.1) is 0 Å². The predicted molar refractivity (Wildman–Crippen MR) is 75.8 cm³/mol. The van der Waals surface area contributed by atoms with Crippen molar-refractivity contribution in [3.05, 3.63) is 27.7 Å². The highest BCUT2D eigenvalue weighted by atomic mass is 35.5. The summed E-state index contributed by atoms with van der Waals surface area (Å²) in [6.45, 7) is 3.15. The van der Waals surface area contributed by atoms with Crippen LogP contribution in [0.25, 0.3) is 0 Å². The molecule has 1 atom stereocenters. The van der Waals surface area contributed by atoms with E-state index in [1.165, 1.54) is 0 Å². The molecule has 0 aliphatic rings. The Morgan fingerprint density at radius 3 is 2.61 bits per heavy atom. The lowest BCUT2D eigenvalue weighted by molar-refractivity contribution is 0.172. The second-order valence-corrected chi connectivity index (χ2v) is 5.10. The van der Waals surface area contributed by atoms with Crippen molar-refractivity contribution in [3.63, 3.8) is 0 Å². The van der Waals surface area contributed by atoms with Crippen LogP contribution >= 0.6 is 23.2 Å². The smallest absolute Gasteiger partial charge is 0.141 e. The van der Waals surface area contributed by atoms with Crippen LogP contribution in [0.2, 0.25) is 10.0 Å². The van der Waals surface area contributed by atoms with Gasteiger partial charge in [0.25, 0.3) is 0 Å². The van der Waals surface area contributed by atoms with Gasteiger partial charge in [-0.05, 0) is 31.0 Å². The van der Waals surface area contributed by atoms with Crippen LogP contribution in [0.4, 0.5) is 0 Å². The molecule has 0 aromatic heterocycles. The molecule has 1 aromatic rings. The Bertz CT molecular complexity index is 383. The third-order valence-electron chi connectivity index (χ3n) is 2.37. The summed E-state index contributed by atoms with van der Waals surface area (Å²) in [5.74, 6) is 0.675. The van der Waals surface area contributed by atoms with Gasteiger partial charge in [0.2, 0.25) is 0 Å². The summed E-state index contributed by atoms with van der Waals surface area (Å²) in [5, 5.41) is 1.12. The van der Waals surface area contributed by atoms with Gasteiger partial charge in [0, 0.05) is 31.2 Å². The molecular formula is C13H19Cl2NO2. The normalized spacial score (nSPS) is 12.5. The maximum Gasteiger partial charge on any atom is 0.141 e. The zero-order valence-corrected chi connectivity index (χ0v) is 12.2. The number of methoxy groups -OCH3 is 1. The van der Waals surface area contributed by atoms with Gasteiger partial charge in [-0.2, -0.15) is 0 Å². The first-order chi connectivity index (χ1) is 8.54. The minimum Gasteiger partial charge on any atom is -0.492 e. The zero-order valence-electron chi connectivity index (χ0n) is 10.7. The van der Waals surface area contributed by atoms with E-state index in [9.17, 15) is 0 Å². The average Bonchev–Trinajstić information content (AvgIpc) is 2.26. The Morgan fingerprint density at radius 1 is 1.28 bits per heavy atom. The summed E-state index contributed by atoms with van der Waals surface area (Å²) >= 11 is 12.1. The van der Waals surface area contributed by atoms with Crippen molar-refractivity contribution >= 4 is 23.2 Å². The van der Waals surface area contributed by atoms with Crippen molar-refractivity contribution in [1.29, 1.82) is 0 Å². The fraction of sp³-hybridized carbons (Fsp3) is 0.538. The maximum absolute atomic E-state index is 6.15. The van der Waals surface area contributed by atoms with E-state index >= 15 is 0 Å². The average molecular weight is 292 g/mol. The predicted octanol–water partition coefficient (Wildman–Crippen LogP) is 3.30. The summed E-state index contributed by atoms with van der Waals surface area (Å²) in [6, 6.07) is 3.56. The van der Waals surface area contributed by atoms with Crippen molar-refractivity contribution in [2.75, 3.05) is 20.3 Å². The fourth-order valence-electron chi connectivity index (χ4n) is 1.65. The lowest BCUT2D eigenvalue weighted by atomic mass is 10.1. The van der Waals surface area contributed by atoms with Crippen LogP contribution < -0.4 is 10.5 Å². The minimum atomic E-state index is 0.0286. The highest BCUT2D eigenvalue weighted by Gasteiger charge is 2.12. The number of rotatable bonds is 7. The lowest BCUT2D eigenvalue weighted by Crippen LogP contribution is -2.18. The molecule has 5 heteroatoms. The number of ether oxygens (including phenoxy) is 2. The number of nitrogens with two attached hydrogens (primary N) is 1. The summed E-state index contributed by atoms with van der Waals surface area (Å²) in [5.41, 5.74) is 6.75. The topological polar surface area (TPSA) is 44.5 Å². The van der Waals surface area contributed by atoms with E-state index in [-0.39, 0.29) is 6.04 Å². The summed E-state index contributed by atoms with van der Waals surface area (Å²) in [7, 11) is 1.66. The van der Waals surface area contributed by atoms with Gasteiger partial charge in [0.15, 0.2) is 0 Å². The van der Waals surface area contributed by atoms with E-state index in [0.717, 1.165) is 12.0 Å². The van der Waals surface area contributed by atoms with Crippen molar-refractivity contribution in [2.24, 2.45) is 5.73 Å². The quantitative estimate of drug-likeness (QED) is 0.784. The van der Waals surface area contributed by atoms with E-state index in [0.29, 0.717) is 35.4 Å². The van der Waals surface area contributed by atoms with Crippen LogP contribution in [0.3, 0.4) is 0 Å². The maximum atomic E-state index is 6.15. The highest BCUT2D eigenvalue weighted by molar-refractivity contribution is 6.35. The molecule has 0 aliphatic heterocycles. The molecular weight excluding hydrogens is 273 g/mol. The van der Waals surface area contributed by atoms with Crippen LogP contribution in [0.1, 0.15) is 18.9 Å². The molecule has 0 saturated heterocycles. The van der Waals surface area contributed by atoms with Crippen molar-refractivity contribution in [2.45, 2.75) is 25.8 Å². The second kappa shape index (κ2) is 7.85. The molecule has 0 bridgehead atoms. The SMILES string of the molecule is COCCCOc1c(Cl)cc(Cl)cc1CC(C)N. The molecule has 18 heavy (non-hydrogen) atoms. The Hall–Kier alpha value is -0.480. The monoisotopic (exact) mass is 291 g/mol. The van der Waals surface area contributed by atoms with E-state index in [2.05, 4.69) is 0 Å². The second-order valence-electron chi connectivity index (χ2n) is 4.25. The largest absolute Gasteiger partial charge is 0.492 e. The lowest BCUT2D eigenvalue weighted by Gasteiger charge is -2.15. The highest BCUT2D eigenvalue weighted by Crippen LogP contribution is 2.33. The first kappa shape index (κ1) is 15.6. The van der Waals surface area contributed by atoms with Crippen LogP contribution in [-0.2, 0) is 11.2 Å². The molecule has 102 valence electrons. The Balaban J connectivity index is 2.79. The van der Waals surface area contributed by atoms with E-state index in [4.69, 9.17) is 38.4 Å². The van der Waals surface area contributed by atoms with E-state index in [1.807, 2.05) is 13.0 Å². The van der Waals surface area contributed by atoms with Gasteiger partial charge in [0.1, 0.15) is 5.75 Å². The standard InChI is InChI=1S/C13H19Cl2NO2/c1-9(16)6-10-7-11(14)8-12(15)13(10)18-5-3-4-17-2/h7-9H,3-6,16H2,1-2H3. The fourth-order valence-corrected chi connectivity index (χ4v) is 2.24. The van der Waals surface area contributed by atoms with Gasteiger partial charge in [-0.1, -0.05) is 23.2 Å². The molecule has 0 fully saturated rings. The third-order valence-corrected chi connectivity index (χ3v) is 2.87. The molecule has 0 aliphatic carbocycles. The number of benzene rings is 1. The molecule has 1 aromatic carbocycles. The molecule has 0 radical (unpaired) electrons. The van der Waals surface area contributed by atoms with Crippen LogP contribution in [0.5, 0.6) is 5.75 Å². The molecule has 1 unspecified atom stereocenters. The van der Waals surface area contributed by atoms with Crippen molar-refractivity contribution in [3.8, 4) is 5.75 Å². The number of halogens is 2. The Labute approximate surface area is 118 Å². The van der Waals surface area contributed by atoms with Gasteiger partial charge >= 0.3 is 0 Å². The van der Waals surface area contributed by atoms with Gasteiger partial charge < -0.3 is 15.2 Å². The van der Waals surface area contributed by atoms with Gasteiger partial charge in [-0.3, -0.25) is 0 Å². The Kier molecular flexibility index (Phi) is 6.79. The Morgan fingerprint density at radius 2 is 2.00 bits per heavy atom. The third kappa shape index (κ3) is 5.02. The molecule has 3 nitrogen and oxygen atoms in total. The molecule has 0 saturated carbocycles. The summed E-state index contributed by atoms with van der Waals surface area (Å²) < 4.78 is 10.7. The van der Waals surface area contributed by atoms with Crippen LogP contribution in [-0.4, -0.2) is 26.4 Å². The molecule has 0 spiro atoms. The van der Waals surface area contributed by atoms with Crippen molar-refractivity contribution in [1.82, 2.24) is 0 Å². The van der Waals surface area contributed by atoms with Gasteiger partial charge in [-0.15, -0.1) is 0 Å². The van der Waals surface area contributed by atoms with Crippen LogP contribution in [0.15, 0.2) is 12.1 Å². The number of hydrogen-bond acceptors (Lipinski definition) is 3. The zero-order chi connectivity index (χ0) is 13.5. The van der Waals surface area contributed by atoms with Crippen molar-refractivity contribution < 1.29 is 9.47 Å². The summed E-state index contributed by atoms with van der Waals surface area (Å²) in [4.78, 5) is 0. The van der Waals surface area contributed by atoms with E-state index in [1.54, 1.807) is 13.2 Å². The molecule has 2 N–H and O–H groups in total. The minimum absolute atomic E-state index is 0.0286. The molecule has 0 amide bonds. The number of hydrogen-bond donors (Lipinski definition) is 1. The molecule has 1 rings (SSSR count). The van der Waals surface area contributed by atoms with E-state index < -0.39 is 0 Å². The first-order valence-corrected chi connectivity index (χ1v) is 6.65.